The summed E-state index contributed by atoms with van der Waals surface area (Å²) in [6.45, 7) is 4.70. The number of fused-ring (bicyclic) bond motifs is 12. The zero-order valence-corrected chi connectivity index (χ0v) is 35.4. The smallest absolute Gasteiger partial charge is 0.164 e. The van der Waals surface area contributed by atoms with Gasteiger partial charge in [-0.1, -0.05) is 166 Å². The van der Waals surface area contributed by atoms with Gasteiger partial charge < -0.3 is 4.57 Å². The van der Waals surface area contributed by atoms with Crippen LogP contribution in [0.15, 0.2) is 206 Å². The van der Waals surface area contributed by atoms with Crippen molar-refractivity contribution in [2.45, 2.75) is 19.3 Å². The standard InChI is InChI=1S/C60H40N4/c1-60(2)52-27-15-13-24-45(52)46-31-29-38(36-53(46)60)40-34-50-44-23-10-9-21-42(44)43-22-11-12-26-48(43)56(50)51(35-40)59-62-57(37-17-5-3-6-18-37)61-58(63-59)39-30-32-55-49(33-39)47-25-14-16-28-54(47)64(55)41-19-7-4-8-20-41/h3-36H,1-2H3. The van der Waals surface area contributed by atoms with Gasteiger partial charge in [-0.25, -0.2) is 15.0 Å². The van der Waals surface area contributed by atoms with Gasteiger partial charge in [0.1, 0.15) is 0 Å². The monoisotopic (exact) mass is 816 g/mol. The molecule has 0 fully saturated rings. The molecule has 1 aliphatic carbocycles. The Bertz CT molecular complexity index is 3860. The molecule has 2 aromatic heterocycles. The third kappa shape index (κ3) is 5.45. The average Bonchev–Trinajstić information content (AvgIpc) is 3.81. The van der Waals surface area contributed by atoms with Crippen LogP contribution in [0.3, 0.4) is 0 Å². The second kappa shape index (κ2) is 13.9. The van der Waals surface area contributed by atoms with Gasteiger partial charge in [0.2, 0.25) is 0 Å². The molecule has 0 spiro atoms. The van der Waals surface area contributed by atoms with E-state index in [1.165, 1.54) is 54.6 Å². The van der Waals surface area contributed by atoms with Gasteiger partial charge in [0.25, 0.3) is 0 Å². The largest absolute Gasteiger partial charge is 0.309 e. The molecule has 0 amide bonds. The van der Waals surface area contributed by atoms with Crippen molar-refractivity contribution >= 4 is 54.1 Å². The molecule has 0 N–H and O–H groups in total. The number of benzene rings is 10. The van der Waals surface area contributed by atoms with Crippen LogP contribution < -0.4 is 0 Å². The van der Waals surface area contributed by atoms with Crippen LogP contribution in [0.5, 0.6) is 0 Å². The van der Waals surface area contributed by atoms with Crippen molar-refractivity contribution < 1.29 is 0 Å². The van der Waals surface area contributed by atoms with Gasteiger partial charge in [0.15, 0.2) is 17.5 Å². The first-order valence-corrected chi connectivity index (χ1v) is 22.0. The second-order valence-corrected chi connectivity index (χ2v) is 17.6. The lowest BCUT2D eigenvalue weighted by Gasteiger charge is -2.22. The number of rotatable bonds is 5. The molecular formula is C60H40N4. The molecule has 12 aromatic rings. The van der Waals surface area contributed by atoms with Crippen LogP contribution in [-0.2, 0) is 5.41 Å². The Morgan fingerprint density at radius 1 is 0.328 bits per heavy atom. The molecule has 4 heteroatoms. The van der Waals surface area contributed by atoms with Gasteiger partial charge in [-0.2, -0.15) is 0 Å². The minimum Gasteiger partial charge on any atom is -0.309 e. The van der Waals surface area contributed by atoms with Gasteiger partial charge in [0, 0.05) is 44.0 Å². The Morgan fingerprint density at radius 3 is 1.66 bits per heavy atom. The molecule has 0 saturated carbocycles. The van der Waals surface area contributed by atoms with Crippen molar-refractivity contribution in [2.24, 2.45) is 0 Å². The zero-order chi connectivity index (χ0) is 42.5. The summed E-state index contributed by atoms with van der Waals surface area (Å²) in [7, 11) is 0. The number of nitrogens with zero attached hydrogens (tertiary/aromatic N) is 4. The van der Waals surface area contributed by atoms with Crippen molar-refractivity contribution in [1.29, 1.82) is 0 Å². The fourth-order valence-corrected chi connectivity index (χ4v) is 10.6. The highest BCUT2D eigenvalue weighted by Crippen LogP contribution is 2.50. The van der Waals surface area contributed by atoms with Crippen molar-refractivity contribution in [1.82, 2.24) is 19.5 Å². The molecule has 1 aliphatic rings. The van der Waals surface area contributed by atoms with E-state index in [2.05, 4.69) is 206 Å². The minimum atomic E-state index is -0.132. The van der Waals surface area contributed by atoms with Gasteiger partial charge in [-0.15, -0.1) is 0 Å². The summed E-state index contributed by atoms with van der Waals surface area (Å²) in [5.74, 6) is 1.90. The molecule has 0 saturated heterocycles. The van der Waals surface area contributed by atoms with Crippen LogP contribution in [-0.4, -0.2) is 19.5 Å². The number of hydrogen-bond donors (Lipinski definition) is 0. The quantitative estimate of drug-likeness (QED) is 0.163. The van der Waals surface area contributed by atoms with Crippen LogP contribution in [0, 0.1) is 0 Å². The van der Waals surface area contributed by atoms with E-state index < -0.39 is 0 Å². The third-order valence-electron chi connectivity index (χ3n) is 13.6. The van der Waals surface area contributed by atoms with Crippen LogP contribution in [0.2, 0.25) is 0 Å². The number of para-hydroxylation sites is 2. The first-order chi connectivity index (χ1) is 31.5. The minimum absolute atomic E-state index is 0.132. The van der Waals surface area contributed by atoms with Crippen LogP contribution in [0.1, 0.15) is 25.0 Å². The summed E-state index contributed by atoms with van der Waals surface area (Å²) in [6, 6.07) is 74.3. The van der Waals surface area contributed by atoms with Crippen molar-refractivity contribution in [2.75, 3.05) is 0 Å². The van der Waals surface area contributed by atoms with E-state index in [9.17, 15) is 0 Å². The van der Waals surface area contributed by atoms with Gasteiger partial charge >= 0.3 is 0 Å². The van der Waals surface area contributed by atoms with E-state index in [1.807, 2.05) is 18.2 Å². The highest BCUT2D eigenvalue weighted by atomic mass is 15.0. The summed E-state index contributed by atoms with van der Waals surface area (Å²) < 4.78 is 2.34. The number of hydrogen-bond acceptors (Lipinski definition) is 3. The normalized spacial score (nSPS) is 13.0. The SMILES string of the molecule is CC1(C)c2ccccc2-c2ccc(-c3cc(-c4nc(-c5ccccc5)nc(-c5ccc6c(c5)c5ccccc5n6-c5ccccc5)n4)c4c5ccccc5c5ccccc5c4c3)cc21. The maximum atomic E-state index is 5.50. The fraction of sp³-hybridized carbons (Fsp3) is 0.0500. The molecule has 0 unspecified atom stereocenters. The Kier molecular flexibility index (Phi) is 7.92. The topological polar surface area (TPSA) is 43.6 Å². The van der Waals surface area contributed by atoms with E-state index in [4.69, 9.17) is 15.0 Å². The predicted octanol–water partition coefficient (Wildman–Crippen LogP) is 15.4. The van der Waals surface area contributed by atoms with Gasteiger partial charge in [0.05, 0.1) is 11.0 Å². The summed E-state index contributed by atoms with van der Waals surface area (Å²) in [5.41, 5.74) is 13.7. The van der Waals surface area contributed by atoms with Crippen LogP contribution in [0.4, 0.5) is 0 Å². The van der Waals surface area contributed by atoms with E-state index in [1.54, 1.807) is 0 Å². The van der Waals surface area contributed by atoms with Crippen molar-refractivity contribution in [3.63, 3.8) is 0 Å². The first kappa shape index (κ1) is 36.4. The Hall–Kier alpha value is -8.21. The van der Waals surface area contributed by atoms with Gasteiger partial charge in [-0.3, -0.25) is 0 Å². The second-order valence-electron chi connectivity index (χ2n) is 17.6. The maximum Gasteiger partial charge on any atom is 0.164 e. The summed E-state index contributed by atoms with van der Waals surface area (Å²) in [5, 5.41) is 9.42. The molecule has 0 bridgehead atoms. The molecule has 0 aliphatic heterocycles. The van der Waals surface area contributed by atoms with Crippen LogP contribution >= 0.6 is 0 Å². The van der Waals surface area contributed by atoms with E-state index in [-0.39, 0.29) is 5.41 Å². The first-order valence-electron chi connectivity index (χ1n) is 22.0. The highest BCUT2D eigenvalue weighted by Gasteiger charge is 2.35. The Morgan fingerprint density at radius 2 is 0.875 bits per heavy atom. The number of aromatic nitrogens is 4. The van der Waals surface area contributed by atoms with Gasteiger partial charge in [-0.05, 0) is 115 Å². The Labute approximate surface area is 370 Å². The highest BCUT2D eigenvalue weighted by molar-refractivity contribution is 6.29. The molecule has 0 radical (unpaired) electrons. The molecule has 10 aromatic carbocycles. The third-order valence-corrected chi connectivity index (χ3v) is 13.6. The lowest BCUT2D eigenvalue weighted by molar-refractivity contribution is 0.660. The van der Waals surface area contributed by atoms with Crippen molar-refractivity contribution in [3.8, 4) is 62.1 Å². The maximum absolute atomic E-state index is 5.50. The Balaban J connectivity index is 1.09. The van der Waals surface area contributed by atoms with E-state index in [0.717, 1.165) is 55.3 Å². The molecule has 0 atom stereocenters. The van der Waals surface area contributed by atoms with Crippen molar-refractivity contribution in [3.05, 3.63) is 217 Å². The molecule has 64 heavy (non-hydrogen) atoms. The molecular weight excluding hydrogens is 777 g/mol. The average molecular weight is 817 g/mol. The summed E-state index contributed by atoms with van der Waals surface area (Å²) >= 11 is 0. The van der Waals surface area contributed by atoms with E-state index >= 15 is 0 Å². The summed E-state index contributed by atoms with van der Waals surface area (Å²) in [4.78, 5) is 16.2. The molecule has 2 heterocycles. The fourth-order valence-electron chi connectivity index (χ4n) is 10.6. The molecule has 4 nitrogen and oxygen atoms in total. The molecule has 13 rings (SSSR count). The molecule has 300 valence electrons. The lowest BCUT2D eigenvalue weighted by Crippen LogP contribution is -2.14. The lowest BCUT2D eigenvalue weighted by atomic mass is 9.81. The van der Waals surface area contributed by atoms with Crippen LogP contribution in [0.25, 0.3) is 116 Å². The summed E-state index contributed by atoms with van der Waals surface area (Å²) in [6.07, 6.45) is 0. The predicted molar refractivity (Wildman–Crippen MR) is 266 cm³/mol. The zero-order valence-electron chi connectivity index (χ0n) is 35.4. The van der Waals surface area contributed by atoms with E-state index in [0.29, 0.717) is 17.5 Å².